The van der Waals surface area contributed by atoms with Gasteiger partial charge in [-0.1, -0.05) is 40.0 Å². The highest BCUT2D eigenvalue weighted by Gasteiger charge is 2.49. The minimum absolute atomic E-state index is 0.0554. The molecule has 2 saturated carbocycles. The number of carbonyl (C=O) groups excluding carboxylic acids is 1. The van der Waals surface area contributed by atoms with Crippen LogP contribution in [0, 0.1) is 18.3 Å². The van der Waals surface area contributed by atoms with Crippen molar-refractivity contribution >= 4 is 15.9 Å². The van der Waals surface area contributed by atoms with Crippen LogP contribution >= 0.6 is 0 Å². The molecule has 3 N–H and O–H groups in total. The first-order valence-corrected chi connectivity index (χ1v) is 16.4. The first kappa shape index (κ1) is 29.2. The van der Waals surface area contributed by atoms with Gasteiger partial charge in [-0.25, -0.2) is 13.1 Å². The molecule has 8 heteroatoms. The Kier molecular flexibility index (Phi) is 7.44. The summed E-state index contributed by atoms with van der Waals surface area (Å²) in [6, 6.07) is 6.35. The lowest BCUT2D eigenvalue weighted by Crippen LogP contribution is -2.42. The van der Waals surface area contributed by atoms with Crippen molar-refractivity contribution in [2.75, 3.05) is 13.2 Å². The molecule has 2 heterocycles. The Morgan fingerprint density at radius 1 is 1.07 bits per heavy atom. The summed E-state index contributed by atoms with van der Waals surface area (Å²) in [5, 5.41) is 0. The molecule has 1 spiro atoms. The lowest BCUT2D eigenvalue weighted by atomic mass is 9.79. The van der Waals surface area contributed by atoms with Crippen molar-refractivity contribution in [2.45, 2.75) is 115 Å². The first-order valence-electron chi connectivity index (χ1n) is 15.0. The molecule has 7 nitrogen and oxygen atoms in total. The van der Waals surface area contributed by atoms with Gasteiger partial charge in [0.05, 0.1) is 12.0 Å². The molecule has 0 saturated heterocycles. The van der Waals surface area contributed by atoms with Gasteiger partial charge in [-0.3, -0.25) is 4.79 Å². The average Bonchev–Trinajstić information content (AvgIpc) is 3.58. The highest BCUT2D eigenvalue weighted by molar-refractivity contribution is 7.89. The van der Waals surface area contributed by atoms with E-state index in [9.17, 15) is 13.2 Å². The minimum Gasteiger partial charge on any atom is -0.493 e. The monoisotopic (exact) mass is 569 g/mol. The van der Waals surface area contributed by atoms with Gasteiger partial charge in [-0.15, -0.1) is 0 Å². The molecular formula is C32H47N3O4S. The van der Waals surface area contributed by atoms with E-state index in [4.69, 9.17) is 10.5 Å². The normalized spacial score (nSPS) is 19.4. The van der Waals surface area contributed by atoms with E-state index in [0.717, 1.165) is 42.3 Å². The van der Waals surface area contributed by atoms with Crippen LogP contribution in [0.5, 0.6) is 5.75 Å². The van der Waals surface area contributed by atoms with Gasteiger partial charge in [0.2, 0.25) is 15.9 Å². The zero-order valence-electron chi connectivity index (χ0n) is 25.2. The molecule has 2 aliphatic carbocycles. The molecule has 0 radical (unpaired) electrons. The van der Waals surface area contributed by atoms with Crippen LogP contribution < -0.4 is 15.2 Å². The van der Waals surface area contributed by atoms with Crippen molar-refractivity contribution in [1.29, 1.82) is 0 Å². The molecule has 0 atom stereocenters. The maximum Gasteiger partial charge on any atom is 0.242 e. The summed E-state index contributed by atoms with van der Waals surface area (Å²) in [7, 11) is -3.88. The van der Waals surface area contributed by atoms with Gasteiger partial charge in [0.15, 0.2) is 0 Å². The number of benzene rings is 1. The lowest BCUT2D eigenvalue weighted by molar-refractivity contribution is -0.125. The summed E-state index contributed by atoms with van der Waals surface area (Å²) in [5.41, 5.74) is 9.79. The molecule has 1 aromatic carbocycles. The number of hydrogen-bond acceptors (Lipinski definition) is 4. The van der Waals surface area contributed by atoms with Crippen LogP contribution in [-0.4, -0.2) is 32.0 Å². The fraction of sp³-hybridized carbons (Fsp3) is 0.656. The molecule has 40 heavy (non-hydrogen) atoms. The maximum absolute atomic E-state index is 13.7. The molecule has 2 aromatic rings. The van der Waals surface area contributed by atoms with Crippen LogP contribution in [0.4, 0.5) is 0 Å². The van der Waals surface area contributed by atoms with Crippen molar-refractivity contribution < 1.29 is 17.9 Å². The SMILES string of the molecule is Cc1c(S(=O)(=O)NCC(C)(C)C(N)=O)cc(-c2cc(C(C)(C)C)c3c(c2)C2(CCO3)CC2)n1CC1CCCCC1. The fourth-order valence-electron chi connectivity index (χ4n) is 6.47. The largest absolute Gasteiger partial charge is 0.493 e. The predicted molar refractivity (Wildman–Crippen MR) is 159 cm³/mol. The Balaban J connectivity index is 1.64. The zero-order chi connectivity index (χ0) is 29.1. The third kappa shape index (κ3) is 5.46. The van der Waals surface area contributed by atoms with Crippen molar-refractivity contribution in [3.8, 4) is 17.0 Å². The predicted octanol–water partition coefficient (Wildman–Crippen LogP) is 5.95. The molecule has 1 aromatic heterocycles. The Morgan fingerprint density at radius 3 is 2.35 bits per heavy atom. The van der Waals surface area contributed by atoms with Gasteiger partial charge in [-0.2, -0.15) is 0 Å². The number of nitrogens with zero attached hydrogens (tertiary/aromatic N) is 1. The highest BCUT2D eigenvalue weighted by Crippen LogP contribution is 2.58. The summed E-state index contributed by atoms with van der Waals surface area (Å²) in [6.07, 6.45) is 9.44. The van der Waals surface area contributed by atoms with Crippen molar-refractivity contribution in [3.05, 3.63) is 35.0 Å². The minimum atomic E-state index is -3.88. The standard InChI is InChI=1S/C32H47N3O4S/c1-21-27(40(37,38)34-20-31(5,6)29(33)36)18-26(35(21)19-22-10-8-7-9-11-22)23-16-24(30(2,3)4)28-25(17-23)32(12-13-32)14-15-39-28/h16-18,22,34H,7-15,19-20H2,1-6H3,(H2,33,36). The van der Waals surface area contributed by atoms with Crippen LogP contribution in [0.25, 0.3) is 11.3 Å². The second-order valence-corrected chi connectivity index (χ2v) is 15.9. The van der Waals surface area contributed by atoms with E-state index in [1.54, 1.807) is 13.8 Å². The zero-order valence-corrected chi connectivity index (χ0v) is 26.0. The van der Waals surface area contributed by atoms with Crippen LogP contribution in [0.1, 0.15) is 103 Å². The van der Waals surface area contributed by atoms with Crippen molar-refractivity contribution in [1.82, 2.24) is 9.29 Å². The summed E-state index contributed by atoms with van der Waals surface area (Å²) in [5.74, 6) is 1.02. The molecule has 5 rings (SSSR count). The lowest BCUT2D eigenvalue weighted by Gasteiger charge is -2.33. The number of fused-ring (bicyclic) bond motifs is 2. The maximum atomic E-state index is 13.7. The van der Waals surface area contributed by atoms with E-state index in [2.05, 4.69) is 42.2 Å². The van der Waals surface area contributed by atoms with Gasteiger partial charge in [0, 0.05) is 41.0 Å². The number of sulfonamides is 1. The van der Waals surface area contributed by atoms with Crippen molar-refractivity contribution in [2.24, 2.45) is 17.1 Å². The van der Waals surface area contributed by atoms with Gasteiger partial charge < -0.3 is 15.0 Å². The molecule has 0 bridgehead atoms. The Labute approximate surface area is 240 Å². The van der Waals surface area contributed by atoms with E-state index < -0.39 is 21.3 Å². The number of nitrogens with one attached hydrogen (secondary N) is 1. The third-order valence-corrected chi connectivity index (χ3v) is 11.1. The molecule has 1 amide bonds. The van der Waals surface area contributed by atoms with Gasteiger partial charge >= 0.3 is 0 Å². The van der Waals surface area contributed by atoms with Gasteiger partial charge in [-0.05, 0) is 88.0 Å². The topological polar surface area (TPSA) is 103 Å². The Morgan fingerprint density at radius 2 is 1.75 bits per heavy atom. The van der Waals surface area contributed by atoms with Crippen LogP contribution in [0.3, 0.4) is 0 Å². The van der Waals surface area contributed by atoms with Crippen molar-refractivity contribution in [3.63, 3.8) is 0 Å². The molecule has 1 aliphatic heterocycles. The average molecular weight is 570 g/mol. The highest BCUT2D eigenvalue weighted by atomic mass is 32.2. The molecule has 220 valence electrons. The molecule has 3 aliphatic rings. The Hall–Kier alpha value is -2.32. The second kappa shape index (κ2) is 10.2. The van der Waals surface area contributed by atoms with Crippen LogP contribution in [-0.2, 0) is 32.2 Å². The summed E-state index contributed by atoms with van der Waals surface area (Å²) >= 11 is 0. The van der Waals surface area contributed by atoms with E-state index in [-0.39, 0.29) is 22.3 Å². The first-order chi connectivity index (χ1) is 18.6. The number of rotatable bonds is 8. The Bertz CT molecular complexity index is 1390. The number of ether oxygens (including phenoxy) is 1. The van der Waals surface area contributed by atoms with Crippen LogP contribution in [0.15, 0.2) is 23.1 Å². The van der Waals surface area contributed by atoms with E-state index in [1.165, 1.54) is 56.1 Å². The van der Waals surface area contributed by atoms with E-state index >= 15 is 0 Å². The number of primary amides is 1. The summed E-state index contributed by atoms with van der Waals surface area (Å²) in [6.45, 7) is 13.4. The third-order valence-electron chi connectivity index (χ3n) is 9.59. The molecule has 2 fully saturated rings. The summed E-state index contributed by atoms with van der Waals surface area (Å²) in [4.78, 5) is 12.1. The number of carbonyl (C=O) groups is 1. The smallest absolute Gasteiger partial charge is 0.242 e. The number of aromatic nitrogens is 1. The molecular weight excluding hydrogens is 522 g/mol. The van der Waals surface area contributed by atoms with E-state index in [1.807, 2.05) is 13.0 Å². The quantitative estimate of drug-likeness (QED) is 0.410. The number of nitrogens with two attached hydrogens (primary N) is 1. The van der Waals surface area contributed by atoms with Crippen LogP contribution in [0.2, 0.25) is 0 Å². The fourth-order valence-corrected chi connectivity index (χ4v) is 7.94. The van der Waals surface area contributed by atoms with Gasteiger partial charge in [0.1, 0.15) is 10.6 Å². The second-order valence-electron chi connectivity index (χ2n) is 14.2. The summed E-state index contributed by atoms with van der Waals surface area (Å²) < 4.78 is 38.6. The number of hydrogen-bond donors (Lipinski definition) is 2. The molecule has 0 unspecified atom stereocenters. The number of amides is 1. The van der Waals surface area contributed by atoms with Gasteiger partial charge in [0.25, 0.3) is 0 Å². The van der Waals surface area contributed by atoms with E-state index in [0.29, 0.717) is 5.92 Å².